The third-order valence-electron chi connectivity index (χ3n) is 2.22. The van der Waals surface area contributed by atoms with Gasteiger partial charge in [-0.25, -0.2) is 4.98 Å². The average Bonchev–Trinajstić information content (AvgIpc) is 2.36. The summed E-state index contributed by atoms with van der Waals surface area (Å²) in [4.78, 5) is 27.4. The van der Waals surface area contributed by atoms with Gasteiger partial charge in [0.2, 0.25) is 0 Å². The van der Waals surface area contributed by atoms with Crippen molar-refractivity contribution in [1.82, 2.24) is 4.98 Å². The van der Waals surface area contributed by atoms with E-state index in [1.807, 2.05) is 6.07 Å². The fraction of sp³-hybridized carbons (Fsp3) is 0.385. The Bertz CT molecular complexity index is 537. The minimum absolute atomic E-state index is 0.204. The number of ether oxygens (including phenoxy) is 1. The van der Waals surface area contributed by atoms with Gasteiger partial charge in [0.1, 0.15) is 11.1 Å². The molecule has 6 heteroatoms. The zero-order valence-corrected chi connectivity index (χ0v) is 11.8. The molecule has 0 unspecified atom stereocenters. The van der Waals surface area contributed by atoms with Gasteiger partial charge in [-0.05, 0) is 32.9 Å². The predicted molar refractivity (Wildman–Crippen MR) is 70.6 cm³/mol. The van der Waals surface area contributed by atoms with Crippen LogP contribution in [0.5, 0.6) is 0 Å². The lowest BCUT2D eigenvalue weighted by atomic mass is 10.3. The Morgan fingerprint density at radius 2 is 2.21 bits per heavy atom. The van der Waals surface area contributed by atoms with Crippen LogP contribution in [-0.2, 0) is 14.3 Å². The zero-order valence-electron chi connectivity index (χ0n) is 11.0. The van der Waals surface area contributed by atoms with Crippen molar-refractivity contribution in [2.24, 2.45) is 0 Å². The number of aromatic nitrogens is 1. The van der Waals surface area contributed by atoms with Gasteiger partial charge in [0, 0.05) is 5.69 Å². The van der Waals surface area contributed by atoms with E-state index in [0.29, 0.717) is 16.3 Å². The van der Waals surface area contributed by atoms with Crippen LogP contribution in [0.1, 0.15) is 25.1 Å². The SMILES string of the molecule is CCOC(=O)[C@@H](Sc1nc(C)ccc1C#N)C(C)=O. The Morgan fingerprint density at radius 3 is 2.74 bits per heavy atom. The summed E-state index contributed by atoms with van der Waals surface area (Å²) in [6.07, 6.45) is 0. The number of carbonyl (C=O) groups is 2. The second-order valence-electron chi connectivity index (χ2n) is 3.78. The van der Waals surface area contributed by atoms with E-state index in [-0.39, 0.29) is 12.4 Å². The molecular weight excluding hydrogens is 264 g/mol. The summed E-state index contributed by atoms with van der Waals surface area (Å²) in [5.74, 6) is -0.928. The van der Waals surface area contributed by atoms with Crippen molar-refractivity contribution >= 4 is 23.5 Å². The summed E-state index contributed by atoms with van der Waals surface area (Å²) >= 11 is 0.953. The second kappa shape index (κ2) is 6.90. The van der Waals surface area contributed by atoms with Gasteiger partial charge < -0.3 is 4.74 Å². The second-order valence-corrected chi connectivity index (χ2v) is 4.87. The molecule has 0 amide bonds. The number of aryl methyl sites for hydroxylation is 1. The quantitative estimate of drug-likeness (QED) is 0.465. The molecule has 0 aromatic carbocycles. The van der Waals surface area contributed by atoms with E-state index >= 15 is 0 Å². The highest BCUT2D eigenvalue weighted by atomic mass is 32.2. The molecule has 0 spiro atoms. The third kappa shape index (κ3) is 4.07. The van der Waals surface area contributed by atoms with Gasteiger partial charge in [0.15, 0.2) is 11.0 Å². The Balaban J connectivity index is 3.03. The maximum atomic E-state index is 11.7. The normalized spacial score (nSPS) is 11.5. The van der Waals surface area contributed by atoms with Crippen LogP contribution in [0.15, 0.2) is 17.2 Å². The number of hydrogen-bond donors (Lipinski definition) is 0. The Labute approximate surface area is 116 Å². The highest BCUT2D eigenvalue weighted by Gasteiger charge is 2.27. The lowest BCUT2D eigenvalue weighted by molar-refractivity contribution is -0.144. The summed E-state index contributed by atoms with van der Waals surface area (Å²) in [7, 11) is 0. The Hall–Kier alpha value is -1.87. The van der Waals surface area contributed by atoms with Gasteiger partial charge in [0.25, 0.3) is 0 Å². The number of nitriles is 1. The lowest BCUT2D eigenvalue weighted by Crippen LogP contribution is -2.27. The van der Waals surface area contributed by atoms with E-state index in [1.165, 1.54) is 6.92 Å². The highest BCUT2D eigenvalue weighted by molar-refractivity contribution is 8.01. The first kappa shape index (κ1) is 15.2. The fourth-order valence-corrected chi connectivity index (χ4v) is 2.33. The van der Waals surface area contributed by atoms with Gasteiger partial charge >= 0.3 is 5.97 Å². The summed E-state index contributed by atoms with van der Waals surface area (Å²) < 4.78 is 4.85. The van der Waals surface area contributed by atoms with Gasteiger partial charge in [-0.2, -0.15) is 5.26 Å². The summed E-state index contributed by atoms with van der Waals surface area (Å²) in [6.45, 7) is 4.97. The van der Waals surface area contributed by atoms with E-state index in [0.717, 1.165) is 11.8 Å². The maximum absolute atomic E-state index is 11.7. The molecule has 0 saturated heterocycles. The highest BCUT2D eigenvalue weighted by Crippen LogP contribution is 2.26. The third-order valence-corrected chi connectivity index (χ3v) is 3.51. The van der Waals surface area contributed by atoms with Crippen molar-refractivity contribution in [3.8, 4) is 6.07 Å². The molecule has 0 fully saturated rings. The largest absolute Gasteiger partial charge is 0.465 e. The molecule has 0 aliphatic rings. The van der Waals surface area contributed by atoms with Crippen molar-refractivity contribution in [3.63, 3.8) is 0 Å². The number of pyridine rings is 1. The fourth-order valence-electron chi connectivity index (χ4n) is 1.33. The standard InChI is InChI=1S/C13H14N2O3S/c1-4-18-13(17)11(9(3)16)19-12-10(7-14)6-5-8(2)15-12/h5-6,11H,4H2,1-3H3/t11-/m0/s1. The summed E-state index contributed by atoms with van der Waals surface area (Å²) in [5.41, 5.74) is 1.05. The van der Waals surface area contributed by atoms with Crippen LogP contribution in [0.2, 0.25) is 0 Å². The number of Topliss-reactive ketones (excluding diaryl/α,β-unsaturated/α-hetero) is 1. The first-order chi connectivity index (χ1) is 8.99. The van der Waals surface area contributed by atoms with E-state index in [4.69, 9.17) is 10.00 Å². The lowest BCUT2D eigenvalue weighted by Gasteiger charge is -2.12. The van der Waals surface area contributed by atoms with Crippen LogP contribution in [0, 0.1) is 18.3 Å². The molecule has 1 aromatic rings. The molecule has 0 aliphatic heterocycles. The Morgan fingerprint density at radius 1 is 1.53 bits per heavy atom. The average molecular weight is 278 g/mol. The van der Waals surface area contributed by atoms with Crippen molar-refractivity contribution in [2.75, 3.05) is 6.61 Å². The van der Waals surface area contributed by atoms with Crippen LogP contribution in [0.25, 0.3) is 0 Å². The topological polar surface area (TPSA) is 80.0 Å². The van der Waals surface area contributed by atoms with Crippen LogP contribution in [0.3, 0.4) is 0 Å². The van der Waals surface area contributed by atoms with Crippen molar-refractivity contribution in [3.05, 3.63) is 23.4 Å². The molecular formula is C13H14N2O3S. The van der Waals surface area contributed by atoms with Crippen LogP contribution in [-0.4, -0.2) is 28.6 Å². The summed E-state index contributed by atoms with van der Waals surface area (Å²) in [5, 5.41) is 8.38. The molecule has 0 N–H and O–H groups in total. The number of nitrogens with zero attached hydrogens (tertiary/aromatic N) is 2. The molecule has 0 saturated carbocycles. The summed E-state index contributed by atoms with van der Waals surface area (Å²) in [6, 6.07) is 5.31. The molecule has 0 aliphatic carbocycles. The van der Waals surface area contributed by atoms with Crippen molar-refractivity contribution in [1.29, 1.82) is 5.26 Å². The zero-order chi connectivity index (χ0) is 14.4. The van der Waals surface area contributed by atoms with Crippen LogP contribution in [0.4, 0.5) is 0 Å². The molecule has 1 aromatic heterocycles. The monoisotopic (exact) mass is 278 g/mol. The Kier molecular flexibility index (Phi) is 5.52. The number of thioether (sulfide) groups is 1. The minimum Gasteiger partial charge on any atom is -0.465 e. The van der Waals surface area contributed by atoms with E-state index in [2.05, 4.69) is 4.98 Å². The molecule has 1 atom stereocenters. The number of hydrogen-bond acceptors (Lipinski definition) is 6. The molecule has 0 radical (unpaired) electrons. The van der Waals surface area contributed by atoms with Gasteiger partial charge in [0.05, 0.1) is 12.2 Å². The minimum atomic E-state index is -0.985. The van der Waals surface area contributed by atoms with Crippen molar-refractivity contribution < 1.29 is 14.3 Å². The van der Waals surface area contributed by atoms with E-state index in [1.54, 1.807) is 26.0 Å². The smallest absolute Gasteiger partial charge is 0.327 e. The molecule has 1 rings (SSSR count). The molecule has 0 bridgehead atoms. The van der Waals surface area contributed by atoms with Crippen LogP contribution < -0.4 is 0 Å². The van der Waals surface area contributed by atoms with Crippen LogP contribution >= 0.6 is 11.8 Å². The first-order valence-corrected chi connectivity index (χ1v) is 6.59. The van der Waals surface area contributed by atoms with Gasteiger partial charge in [-0.1, -0.05) is 11.8 Å². The number of ketones is 1. The molecule has 19 heavy (non-hydrogen) atoms. The molecule has 1 heterocycles. The molecule has 100 valence electrons. The molecule has 5 nitrogen and oxygen atoms in total. The maximum Gasteiger partial charge on any atom is 0.327 e. The predicted octanol–water partition coefficient (Wildman–Crippen LogP) is 1.87. The first-order valence-electron chi connectivity index (χ1n) is 5.71. The van der Waals surface area contributed by atoms with Gasteiger partial charge in [-0.3, -0.25) is 9.59 Å². The number of rotatable bonds is 5. The number of carbonyl (C=O) groups excluding carboxylic acids is 2. The number of esters is 1. The van der Waals surface area contributed by atoms with Gasteiger partial charge in [-0.15, -0.1) is 0 Å². The van der Waals surface area contributed by atoms with E-state index < -0.39 is 11.2 Å². The van der Waals surface area contributed by atoms with Crippen molar-refractivity contribution in [2.45, 2.75) is 31.0 Å². The van der Waals surface area contributed by atoms with E-state index in [9.17, 15) is 9.59 Å².